The Balaban J connectivity index is 1.20. The van der Waals surface area contributed by atoms with Crippen LogP contribution in [0.1, 0.15) is 48.3 Å². The zero-order chi connectivity index (χ0) is 23.0. The summed E-state index contributed by atoms with van der Waals surface area (Å²) < 4.78 is 11.2. The molecule has 4 rings (SSSR count). The normalized spacial score (nSPS) is 17.4. The summed E-state index contributed by atoms with van der Waals surface area (Å²) in [5.74, 6) is 0.717. The number of carbonyl (C=O) groups is 2. The smallest absolute Gasteiger partial charge is 0.407 e. The lowest BCUT2D eigenvalue weighted by molar-refractivity contribution is -0.00295. The average molecular weight is 458 g/mol. The maximum Gasteiger partial charge on any atom is 0.407 e. The van der Waals surface area contributed by atoms with E-state index in [1.165, 1.54) is 30.8 Å². The Morgan fingerprint density at radius 1 is 1.12 bits per heavy atom. The van der Waals surface area contributed by atoms with Gasteiger partial charge in [0.15, 0.2) is 5.82 Å². The third-order valence-corrected chi connectivity index (χ3v) is 6.16. The zero-order valence-corrected chi connectivity index (χ0v) is 18.7. The second-order valence-electron chi connectivity index (χ2n) is 8.53. The fourth-order valence-corrected chi connectivity index (χ4v) is 4.21. The van der Waals surface area contributed by atoms with Gasteiger partial charge in [-0.2, -0.15) is 4.98 Å². The molecule has 0 unspecified atom stereocenters. The number of ether oxygens (including phenoxy) is 1. The number of rotatable bonds is 9. The van der Waals surface area contributed by atoms with Gasteiger partial charge in [0.25, 0.3) is 11.8 Å². The van der Waals surface area contributed by atoms with Gasteiger partial charge in [-0.1, -0.05) is 5.16 Å². The van der Waals surface area contributed by atoms with Crippen LogP contribution in [0.3, 0.4) is 0 Å². The van der Waals surface area contributed by atoms with E-state index in [2.05, 4.69) is 20.4 Å². The van der Waals surface area contributed by atoms with Gasteiger partial charge in [-0.25, -0.2) is 4.79 Å². The van der Waals surface area contributed by atoms with Crippen molar-refractivity contribution in [3.05, 3.63) is 35.7 Å². The molecular weight excluding hydrogens is 426 g/mol. The highest BCUT2D eigenvalue weighted by molar-refractivity contribution is 5.94. The van der Waals surface area contributed by atoms with E-state index in [0.717, 1.165) is 18.5 Å². The van der Waals surface area contributed by atoms with Gasteiger partial charge < -0.3 is 29.5 Å². The molecule has 10 heteroatoms. The number of carboxylic acid groups (broad SMARTS) is 1. The number of nitrogens with zero attached hydrogens (tertiary/aromatic N) is 4. The summed E-state index contributed by atoms with van der Waals surface area (Å²) >= 11 is 0. The van der Waals surface area contributed by atoms with Crippen LogP contribution in [0.4, 0.5) is 4.79 Å². The first-order valence-corrected chi connectivity index (χ1v) is 11.6. The summed E-state index contributed by atoms with van der Waals surface area (Å²) in [7, 11) is 0. The fourth-order valence-electron chi connectivity index (χ4n) is 4.21. The topological polar surface area (TPSA) is 121 Å². The predicted molar refractivity (Wildman–Crippen MR) is 120 cm³/mol. The molecule has 2 aliphatic rings. The lowest BCUT2D eigenvalue weighted by Gasteiger charge is -2.29. The minimum absolute atomic E-state index is 0.0179. The van der Waals surface area contributed by atoms with Crippen molar-refractivity contribution >= 4 is 12.0 Å². The van der Waals surface area contributed by atoms with Gasteiger partial charge >= 0.3 is 6.09 Å². The Morgan fingerprint density at radius 2 is 1.85 bits per heavy atom. The third kappa shape index (κ3) is 6.52. The van der Waals surface area contributed by atoms with E-state index in [1.807, 2.05) is 0 Å². The number of amides is 2. The first-order valence-electron chi connectivity index (χ1n) is 11.6. The van der Waals surface area contributed by atoms with Crippen molar-refractivity contribution in [1.29, 1.82) is 0 Å². The Hall–Kier alpha value is -2.98. The molecule has 2 saturated heterocycles. The standard InChI is InChI=1S/C23H31N5O5/c29-21(24-10-3-13-27-11-1-2-12-27)17-4-6-18(7-5-17)22-25-20(26-33-22)16-32-19-8-14-28(15-9-19)23(30)31/h4-7,19H,1-3,8-16H2,(H,24,29)(H,30,31). The number of likely N-dealkylation sites (tertiary alicyclic amines) is 2. The number of benzene rings is 1. The van der Waals surface area contributed by atoms with Crippen LogP contribution in [-0.2, 0) is 11.3 Å². The molecule has 2 amide bonds. The fraction of sp³-hybridized carbons (Fsp3) is 0.565. The van der Waals surface area contributed by atoms with E-state index in [9.17, 15) is 9.59 Å². The SMILES string of the molecule is O=C(NCCCN1CCCC1)c1ccc(-c2nc(COC3CCN(C(=O)O)CC3)no2)cc1. The lowest BCUT2D eigenvalue weighted by atomic mass is 10.1. The largest absolute Gasteiger partial charge is 0.465 e. The van der Waals surface area contributed by atoms with Gasteiger partial charge in [0.2, 0.25) is 0 Å². The Morgan fingerprint density at radius 3 is 2.55 bits per heavy atom. The molecule has 0 aliphatic carbocycles. The summed E-state index contributed by atoms with van der Waals surface area (Å²) in [5, 5.41) is 15.9. The van der Waals surface area contributed by atoms with Crippen molar-refractivity contribution < 1.29 is 24.0 Å². The maximum absolute atomic E-state index is 12.4. The quantitative estimate of drug-likeness (QED) is 0.551. The molecule has 2 aliphatic heterocycles. The van der Waals surface area contributed by atoms with Gasteiger partial charge in [0.05, 0.1) is 6.10 Å². The summed E-state index contributed by atoms with van der Waals surface area (Å²) in [4.78, 5) is 31.5. The van der Waals surface area contributed by atoms with E-state index in [1.54, 1.807) is 24.3 Å². The predicted octanol–water partition coefficient (Wildman–Crippen LogP) is 2.61. The molecule has 1 aromatic heterocycles. The molecule has 1 aromatic carbocycles. The molecule has 2 aromatic rings. The minimum Gasteiger partial charge on any atom is -0.465 e. The van der Waals surface area contributed by atoms with Gasteiger partial charge in [0.1, 0.15) is 6.61 Å². The number of hydrogen-bond acceptors (Lipinski definition) is 7. The van der Waals surface area contributed by atoms with Gasteiger partial charge in [0, 0.05) is 30.8 Å². The minimum atomic E-state index is -0.891. The van der Waals surface area contributed by atoms with E-state index in [4.69, 9.17) is 14.4 Å². The Kier molecular flexibility index (Phi) is 7.90. The van der Waals surface area contributed by atoms with Crippen molar-refractivity contribution in [2.75, 3.05) is 39.3 Å². The molecule has 178 valence electrons. The number of nitrogens with one attached hydrogen (secondary N) is 1. The van der Waals surface area contributed by atoms with Crippen LogP contribution in [0.15, 0.2) is 28.8 Å². The molecule has 3 heterocycles. The highest BCUT2D eigenvalue weighted by atomic mass is 16.5. The molecule has 0 saturated carbocycles. The van der Waals surface area contributed by atoms with Gasteiger partial charge in [-0.3, -0.25) is 4.79 Å². The second kappa shape index (κ2) is 11.2. The molecule has 0 bridgehead atoms. The van der Waals surface area contributed by atoms with Crippen molar-refractivity contribution in [2.45, 2.75) is 44.8 Å². The summed E-state index contributed by atoms with van der Waals surface area (Å²) in [6, 6.07) is 7.08. The van der Waals surface area contributed by atoms with E-state index in [0.29, 0.717) is 49.8 Å². The van der Waals surface area contributed by atoms with Crippen LogP contribution >= 0.6 is 0 Å². The molecule has 2 N–H and O–H groups in total. The molecule has 0 spiro atoms. The first-order chi connectivity index (χ1) is 16.1. The Bertz CT molecular complexity index is 918. The maximum atomic E-state index is 12.4. The van der Waals surface area contributed by atoms with Gasteiger partial charge in [-0.15, -0.1) is 0 Å². The van der Waals surface area contributed by atoms with Crippen LogP contribution < -0.4 is 5.32 Å². The zero-order valence-electron chi connectivity index (χ0n) is 18.7. The van der Waals surface area contributed by atoms with E-state index >= 15 is 0 Å². The molecular formula is C23H31N5O5. The second-order valence-corrected chi connectivity index (χ2v) is 8.53. The number of aromatic nitrogens is 2. The van der Waals surface area contributed by atoms with Crippen molar-refractivity contribution in [3.63, 3.8) is 0 Å². The van der Waals surface area contributed by atoms with Crippen LogP contribution in [-0.4, -0.2) is 82.4 Å². The average Bonchev–Trinajstić information content (AvgIpc) is 3.53. The summed E-state index contributed by atoms with van der Waals surface area (Å²) in [6.45, 7) is 5.18. The van der Waals surface area contributed by atoms with E-state index in [-0.39, 0.29) is 18.6 Å². The Labute approximate surface area is 192 Å². The molecule has 0 radical (unpaired) electrons. The lowest BCUT2D eigenvalue weighted by Crippen LogP contribution is -2.40. The number of hydrogen-bond donors (Lipinski definition) is 2. The molecule has 2 fully saturated rings. The van der Waals surface area contributed by atoms with Crippen LogP contribution in [0.2, 0.25) is 0 Å². The van der Waals surface area contributed by atoms with E-state index < -0.39 is 6.09 Å². The molecule has 10 nitrogen and oxygen atoms in total. The first kappa shape index (κ1) is 23.2. The van der Waals surface area contributed by atoms with Crippen molar-refractivity contribution in [3.8, 4) is 11.5 Å². The van der Waals surface area contributed by atoms with Crippen LogP contribution in [0.25, 0.3) is 11.5 Å². The van der Waals surface area contributed by atoms with Crippen LogP contribution in [0.5, 0.6) is 0 Å². The third-order valence-electron chi connectivity index (χ3n) is 6.16. The van der Waals surface area contributed by atoms with Crippen LogP contribution in [0, 0.1) is 0 Å². The monoisotopic (exact) mass is 457 g/mol. The van der Waals surface area contributed by atoms with Crippen molar-refractivity contribution in [1.82, 2.24) is 25.3 Å². The highest BCUT2D eigenvalue weighted by Crippen LogP contribution is 2.20. The molecule has 33 heavy (non-hydrogen) atoms. The highest BCUT2D eigenvalue weighted by Gasteiger charge is 2.23. The summed E-state index contributed by atoms with van der Waals surface area (Å²) in [5.41, 5.74) is 1.32. The number of piperidine rings is 1. The summed E-state index contributed by atoms with van der Waals surface area (Å²) in [6.07, 6.45) is 3.91. The van der Waals surface area contributed by atoms with Gasteiger partial charge in [-0.05, 0) is 76.0 Å². The number of carbonyl (C=O) groups excluding carboxylic acids is 1. The molecule has 0 atom stereocenters. The van der Waals surface area contributed by atoms with Crippen molar-refractivity contribution in [2.24, 2.45) is 0 Å².